The first-order valence-electron chi connectivity index (χ1n) is 8.58. The van der Waals surface area contributed by atoms with Crippen molar-refractivity contribution in [1.29, 1.82) is 0 Å². The van der Waals surface area contributed by atoms with Crippen LogP contribution in [0.3, 0.4) is 0 Å². The lowest BCUT2D eigenvalue weighted by Gasteiger charge is -2.32. The van der Waals surface area contributed by atoms with E-state index in [0.717, 1.165) is 38.9 Å². The second-order valence-electron chi connectivity index (χ2n) is 6.97. The highest BCUT2D eigenvalue weighted by molar-refractivity contribution is 7.89. The summed E-state index contributed by atoms with van der Waals surface area (Å²) < 4.78 is 34.5. The minimum atomic E-state index is -4.27. The zero-order valence-corrected chi connectivity index (χ0v) is 15.9. The van der Waals surface area contributed by atoms with E-state index < -0.39 is 38.2 Å². The molecule has 1 aromatic rings. The minimum absolute atomic E-state index is 0.0685. The van der Waals surface area contributed by atoms with Crippen LogP contribution in [-0.2, 0) is 33.7 Å². The van der Waals surface area contributed by atoms with Crippen molar-refractivity contribution < 1.29 is 17.9 Å². The van der Waals surface area contributed by atoms with Gasteiger partial charge >= 0.3 is 11.7 Å². The maximum Gasteiger partial charge on any atom is 0.330 e. The van der Waals surface area contributed by atoms with Gasteiger partial charge in [-0.3, -0.25) is 14.2 Å². The van der Waals surface area contributed by atoms with E-state index in [0.29, 0.717) is 12.8 Å². The summed E-state index contributed by atoms with van der Waals surface area (Å²) in [5.41, 5.74) is -1.51. The lowest BCUT2D eigenvalue weighted by atomic mass is 9.85. The van der Waals surface area contributed by atoms with Gasteiger partial charge in [0.25, 0.3) is 15.6 Å². The van der Waals surface area contributed by atoms with Crippen molar-refractivity contribution in [2.24, 2.45) is 20.0 Å². The lowest BCUT2D eigenvalue weighted by Crippen LogP contribution is -2.49. The monoisotopic (exact) mass is 385 g/mol. The summed E-state index contributed by atoms with van der Waals surface area (Å²) in [6.07, 6.45) is 4.77. The van der Waals surface area contributed by atoms with Gasteiger partial charge in [0.1, 0.15) is 6.04 Å². The van der Waals surface area contributed by atoms with Gasteiger partial charge in [0.15, 0.2) is 4.90 Å². The maximum absolute atomic E-state index is 13.3. The Kier molecular flexibility index (Phi) is 4.82. The number of sulfonamides is 1. The van der Waals surface area contributed by atoms with Crippen molar-refractivity contribution >= 4 is 16.0 Å². The van der Waals surface area contributed by atoms with Crippen LogP contribution in [-0.4, -0.2) is 47.0 Å². The summed E-state index contributed by atoms with van der Waals surface area (Å²) in [5.74, 6) is -0.552. The number of ether oxygens (including phenoxy) is 1. The van der Waals surface area contributed by atoms with Crippen molar-refractivity contribution in [2.75, 3.05) is 7.11 Å². The Bertz CT molecular complexity index is 948. The number of fused-ring (bicyclic) bond motifs is 1. The molecule has 3 rings (SSSR count). The van der Waals surface area contributed by atoms with Crippen LogP contribution >= 0.6 is 0 Å². The van der Waals surface area contributed by atoms with Crippen molar-refractivity contribution in [2.45, 2.75) is 49.1 Å². The molecule has 0 radical (unpaired) electrons. The SMILES string of the molecule is COC(=O)[C@@H]1C[C@H]2CCCC[C@H]2N1S(=O)(=O)c1cn(C)c(=O)n(C)c1=O. The second-order valence-corrected chi connectivity index (χ2v) is 8.78. The molecule has 0 aromatic carbocycles. The van der Waals surface area contributed by atoms with Gasteiger partial charge in [0.2, 0.25) is 0 Å². The smallest absolute Gasteiger partial charge is 0.330 e. The van der Waals surface area contributed by atoms with Gasteiger partial charge in [-0.05, 0) is 25.2 Å². The molecule has 26 heavy (non-hydrogen) atoms. The number of esters is 1. The summed E-state index contributed by atoms with van der Waals surface area (Å²) in [6.45, 7) is 0. The maximum atomic E-state index is 13.3. The second kappa shape index (κ2) is 6.66. The number of rotatable bonds is 3. The van der Waals surface area contributed by atoms with Crippen molar-refractivity contribution in [3.63, 3.8) is 0 Å². The molecule has 0 unspecified atom stereocenters. The van der Waals surface area contributed by atoms with Crippen LogP contribution in [0.25, 0.3) is 0 Å². The number of carbonyl (C=O) groups is 1. The van der Waals surface area contributed by atoms with Gasteiger partial charge in [-0.15, -0.1) is 0 Å². The Morgan fingerprint density at radius 1 is 1.19 bits per heavy atom. The van der Waals surface area contributed by atoms with E-state index in [9.17, 15) is 22.8 Å². The summed E-state index contributed by atoms with van der Waals surface area (Å²) >= 11 is 0. The van der Waals surface area contributed by atoms with Crippen LogP contribution < -0.4 is 11.2 Å². The first-order valence-corrected chi connectivity index (χ1v) is 10.0. The predicted molar refractivity (Wildman–Crippen MR) is 92.1 cm³/mol. The fourth-order valence-corrected chi connectivity index (χ4v) is 6.18. The third-order valence-corrected chi connectivity index (χ3v) is 7.39. The Labute approximate surface area is 151 Å². The molecule has 1 aliphatic carbocycles. The number of carbonyl (C=O) groups excluding carboxylic acids is 1. The highest BCUT2D eigenvalue weighted by Gasteiger charge is 2.52. The third kappa shape index (κ3) is 2.81. The van der Waals surface area contributed by atoms with Crippen LogP contribution in [0.1, 0.15) is 32.1 Å². The number of hydrogen-bond acceptors (Lipinski definition) is 6. The van der Waals surface area contributed by atoms with Crippen molar-refractivity contribution in [1.82, 2.24) is 13.4 Å². The number of aromatic nitrogens is 2. The van der Waals surface area contributed by atoms with Gasteiger partial charge in [-0.1, -0.05) is 12.8 Å². The highest BCUT2D eigenvalue weighted by atomic mass is 32.2. The quantitative estimate of drug-likeness (QED) is 0.654. The van der Waals surface area contributed by atoms with Crippen LogP contribution in [0, 0.1) is 5.92 Å². The van der Waals surface area contributed by atoms with Crippen molar-refractivity contribution in [3.05, 3.63) is 27.0 Å². The Balaban J connectivity index is 2.16. The summed E-state index contributed by atoms with van der Waals surface area (Å²) in [7, 11) is -0.432. The predicted octanol–water partition coefficient (Wildman–Crippen LogP) is -0.421. The Morgan fingerprint density at radius 3 is 2.50 bits per heavy atom. The fraction of sp³-hybridized carbons (Fsp3) is 0.688. The van der Waals surface area contributed by atoms with Gasteiger partial charge < -0.3 is 9.30 Å². The van der Waals surface area contributed by atoms with Gasteiger partial charge in [-0.2, -0.15) is 4.31 Å². The molecule has 3 atom stereocenters. The first-order chi connectivity index (χ1) is 12.2. The normalized spacial score (nSPS) is 26.5. The van der Waals surface area contributed by atoms with E-state index in [1.54, 1.807) is 0 Å². The molecule has 1 saturated carbocycles. The van der Waals surface area contributed by atoms with Crippen molar-refractivity contribution in [3.8, 4) is 0 Å². The fourth-order valence-electron chi connectivity index (χ4n) is 4.17. The molecule has 0 bridgehead atoms. The largest absolute Gasteiger partial charge is 0.468 e. The third-order valence-electron chi connectivity index (χ3n) is 5.47. The average Bonchev–Trinajstić information content (AvgIpc) is 3.02. The van der Waals surface area contributed by atoms with Crippen LogP contribution in [0.2, 0.25) is 0 Å². The molecule has 1 saturated heterocycles. The average molecular weight is 385 g/mol. The summed E-state index contributed by atoms with van der Waals surface area (Å²) in [4.78, 5) is 36.1. The molecule has 0 spiro atoms. The minimum Gasteiger partial charge on any atom is -0.468 e. The van der Waals surface area contributed by atoms with Gasteiger partial charge in [-0.25, -0.2) is 13.2 Å². The van der Waals surface area contributed by atoms with E-state index in [-0.39, 0.29) is 12.0 Å². The van der Waals surface area contributed by atoms with Gasteiger partial charge in [0, 0.05) is 26.3 Å². The summed E-state index contributed by atoms with van der Waals surface area (Å²) in [5, 5.41) is 0. The summed E-state index contributed by atoms with van der Waals surface area (Å²) in [6, 6.07) is -1.28. The van der Waals surface area contributed by atoms with E-state index in [1.807, 2.05) is 0 Å². The molecule has 1 aromatic heterocycles. The first kappa shape index (κ1) is 18.8. The number of aryl methyl sites for hydroxylation is 1. The molecule has 2 fully saturated rings. The number of methoxy groups -OCH3 is 1. The standard InChI is InChI=1S/C16H23N3O6S/c1-17-9-13(14(20)18(2)16(17)22)26(23,24)19-11-7-5-4-6-10(11)8-12(19)15(21)25-3/h9-12H,4-8H2,1-3H3/t10-,11-,12+/m1/s1. The molecular weight excluding hydrogens is 362 g/mol. The van der Waals surface area contributed by atoms with E-state index in [4.69, 9.17) is 4.74 Å². The van der Waals surface area contributed by atoms with E-state index in [1.165, 1.54) is 21.2 Å². The molecular formula is C16H23N3O6S. The highest BCUT2D eigenvalue weighted by Crippen LogP contribution is 2.42. The van der Waals surface area contributed by atoms with Crippen LogP contribution in [0.15, 0.2) is 20.7 Å². The Hall–Kier alpha value is -1.94. The molecule has 1 aliphatic heterocycles. The molecule has 9 nitrogen and oxygen atoms in total. The topological polar surface area (TPSA) is 108 Å². The zero-order chi connectivity index (χ0) is 19.2. The molecule has 144 valence electrons. The van der Waals surface area contributed by atoms with Crippen LogP contribution in [0.4, 0.5) is 0 Å². The molecule has 2 aliphatic rings. The Morgan fingerprint density at radius 2 is 1.85 bits per heavy atom. The number of hydrogen-bond donors (Lipinski definition) is 0. The number of nitrogens with zero attached hydrogens (tertiary/aromatic N) is 3. The molecule has 10 heteroatoms. The van der Waals surface area contributed by atoms with E-state index >= 15 is 0 Å². The van der Waals surface area contributed by atoms with Crippen LogP contribution in [0.5, 0.6) is 0 Å². The van der Waals surface area contributed by atoms with Gasteiger partial charge in [0.05, 0.1) is 7.11 Å². The molecule has 0 N–H and O–H groups in total. The zero-order valence-electron chi connectivity index (χ0n) is 15.0. The lowest BCUT2D eigenvalue weighted by molar-refractivity contribution is -0.144. The van der Waals surface area contributed by atoms with E-state index in [2.05, 4.69) is 0 Å². The molecule has 0 amide bonds. The molecule has 2 heterocycles.